The molecule has 0 aliphatic heterocycles. The Hall–Kier alpha value is -1.72. The number of fused-ring (bicyclic) bond motifs is 1. The molecule has 1 amide bonds. The molecule has 0 radical (unpaired) electrons. The third kappa shape index (κ3) is 3.68. The molecule has 5 heteroatoms. The van der Waals surface area contributed by atoms with Gasteiger partial charge in [0.15, 0.2) is 0 Å². The molecule has 0 aliphatic rings. The largest absolute Gasteiger partial charge is 0.353 e. The van der Waals surface area contributed by atoms with Crippen LogP contribution in [0.3, 0.4) is 0 Å². The molecule has 0 bridgehead atoms. The number of amides is 1. The van der Waals surface area contributed by atoms with Gasteiger partial charge >= 0.3 is 0 Å². The van der Waals surface area contributed by atoms with Crippen molar-refractivity contribution in [2.24, 2.45) is 0 Å². The van der Waals surface area contributed by atoms with Crippen molar-refractivity contribution >= 4 is 38.8 Å². The number of para-hydroxylation sites is 1. The third-order valence-electron chi connectivity index (χ3n) is 3.14. The molecule has 0 saturated heterocycles. The fourth-order valence-corrected chi connectivity index (χ4v) is 4.02. The summed E-state index contributed by atoms with van der Waals surface area (Å²) in [5.41, 5.74) is 1.04. The van der Waals surface area contributed by atoms with Crippen molar-refractivity contribution in [3.05, 3.63) is 51.7 Å². The van der Waals surface area contributed by atoms with Crippen molar-refractivity contribution < 1.29 is 4.79 Å². The van der Waals surface area contributed by atoms with Gasteiger partial charge in [0.1, 0.15) is 0 Å². The molecule has 108 valence electrons. The smallest absolute Gasteiger partial charge is 0.225 e. The maximum Gasteiger partial charge on any atom is 0.225 e. The van der Waals surface area contributed by atoms with Crippen molar-refractivity contribution in [1.82, 2.24) is 10.3 Å². The zero-order valence-corrected chi connectivity index (χ0v) is 13.3. The lowest BCUT2D eigenvalue weighted by molar-refractivity contribution is -0.120. The Morgan fingerprint density at radius 3 is 2.90 bits per heavy atom. The van der Waals surface area contributed by atoms with Gasteiger partial charge in [-0.15, -0.1) is 22.7 Å². The number of carbonyl (C=O) groups is 1. The van der Waals surface area contributed by atoms with Crippen LogP contribution in [0, 0.1) is 0 Å². The van der Waals surface area contributed by atoms with E-state index in [9.17, 15) is 4.79 Å². The van der Waals surface area contributed by atoms with E-state index in [4.69, 9.17) is 0 Å². The lowest BCUT2D eigenvalue weighted by atomic mass is 10.2. The monoisotopic (exact) mass is 316 g/mol. The Morgan fingerprint density at radius 2 is 2.14 bits per heavy atom. The molecule has 21 heavy (non-hydrogen) atoms. The van der Waals surface area contributed by atoms with Gasteiger partial charge in [0, 0.05) is 17.3 Å². The molecule has 1 atom stereocenters. The zero-order valence-electron chi connectivity index (χ0n) is 11.7. The number of hydrogen-bond donors (Lipinski definition) is 1. The summed E-state index contributed by atoms with van der Waals surface area (Å²) >= 11 is 3.31. The second-order valence-electron chi connectivity index (χ2n) is 5.00. The minimum atomic E-state index is 0.0751. The lowest BCUT2D eigenvalue weighted by Crippen LogP contribution is -2.34. The van der Waals surface area contributed by atoms with Crippen molar-refractivity contribution in [3.63, 3.8) is 0 Å². The number of thiazole rings is 1. The van der Waals surface area contributed by atoms with Crippen LogP contribution in [0.25, 0.3) is 10.2 Å². The normalized spacial score (nSPS) is 12.4. The van der Waals surface area contributed by atoms with Gasteiger partial charge in [0.25, 0.3) is 0 Å². The molecule has 0 unspecified atom stereocenters. The minimum Gasteiger partial charge on any atom is -0.353 e. The van der Waals surface area contributed by atoms with Crippen LogP contribution >= 0.6 is 22.7 Å². The van der Waals surface area contributed by atoms with E-state index in [1.807, 2.05) is 42.6 Å². The number of carbonyl (C=O) groups excluding carboxylic acids is 1. The van der Waals surface area contributed by atoms with E-state index in [1.165, 1.54) is 4.70 Å². The molecule has 2 heterocycles. The Balaban J connectivity index is 1.58. The van der Waals surface area contributed by atoms with Gasteiger partial charge in [-0.1, -0.05) is 18.2 Å². The molecule has 3 rings (SSSR count). The average molecular weight is 316 g/mol. The second kappa shape index (κ2) is 6.37. The predicted octanol–water partition coefficient (Wildman–Crippen LogP) is 3.65. The van der Waals surface area contributed by atoms with Gasteiger partial charge in [-0.3, -0.25) is 4.79 Å². The van der Waals surface area contributed by atoms with Crippen LogP contribution in [-0.4, -0.2) is 16.9 Å². The molecule has 0 saturated carbocycles. The lowest BCUT2D eigenvalue weighted by Gasteiger charge is -2.11. The average Bonchev–Trinajstić information content (AvgIpc) is 3.06. The quantitative estimate of drug-likeness (QED) is 0.781. The van der Waals surface area contributed by atoms with Crippen LogP contribution < -0.4 is 5.32 Å². The number of thiophene rings is 1. The van der Waals surface area contributed by atoms with Crippen molar-refractivity contribution in [2.45, 2.75) is 25.8 Å². The van der Waals surface area contributed by atoms with E-state index in [-0.39, 0.29) is 11.9 Å². The van der Waals surface area contributed by atoms with Crippen LogP contribution in [-0.2, 0) is 17.6 Å². The molecule has 3 aromatic rings. The molecule has 0 aliphatic carbocycles. The van der Waals surface area contributed by atoms with E-state index < -0.39 is 0 Å². The van der Waals surface area contributed by atoms with Crippen LogP contribution in [0.15, 0.2) is 41.8 Å². The van der Waals surface area contributed by atoms with Crippen LogP contribution in [0.2, 0.25) is 0 Å². The van der Waals surface area contributed by atoms with Crippen LogP contribution in [0.5, 0.6) is 0 Å². The number of nitrogens with zero attached hydrogens (tertiary/aromatic N) is 1. The van der Waals surface area contributed by atoms with Crippen molar-refractivity contribution in [3.8, 4) is 0 Å². The summed E-state index contributed by atoms with van der Waals surface area (Å²) in [6.07, 6.45) is 1.23. The van der Waals surface area contributed by atoms with Crippen molar-refractivity contribution in [2.75, 3.05) is 0 Å². The van der Waals surface area contributed by atoms with Gasteiger partial charge in [0.2, 0.25) is 5.91 Å². The Kier molecular flexibility index (Phi) is 4.31. The Morgan fingerprint density at radius 1 is 1.29 bits per heavy atom. The molecular formula is C16H16N2OS2. The van der Waals surface area contributed by atoms with E-state index in [0.717, 1.165) is 21.8 Å². The molecule has 1 N–H and O–H groups in total. The first-order valence-corrected chi connectivity index (χ1v) is 8.56. The third-order valence-corrected chi connectivity index (χ3v) is 5.08. The predicted molar refractivity (Wildman–Crippen MR) is 89.0 cm³/mol. The van der Waals surface area contributed by atoms with Gasteiger partial charge < -0.3 is 5.32 Å². The summed E-state index contributed by atoms with van der Waals surface area (Å²) in [4.78, 5) is 17.7. The maximum atomic E-state index is 12.0. The number of hydrogen-bond acceptors (Lipinski definition) is 4. The number of aromatic nitrogens is 1. The standard InChI is InChI=1S/C16H16N2OS2/c1-11(17-15(19)10-12-5-4-8-20-12)9-16-18-13-6-2-3-7-14(13)21-16/h2-8,11H,9-10H2,1H3,(H,17,19)/t11-/m1/s1. The van der Waals surface area contributed by atoms with Crippen molar-refractivity contribution in [1.29, 1.82) is 0 Å². The molecule has 3 nitrogen and oxygen atoms in total. The highest BCUT2D eigenvalue weighted by Gasteiger charge is 2.12. The van der Waals surface area contributed by atoms with E-state index >= 15 is 0 Å². The second-order valence-corrected chi connectivity index (χ2v) is 7.15. The minimum absolute atomic E-state index is 0.0751. The van der Waals surface area contributed by atoms with Gasteiger partial charge in [-0.25, -0.2) is 4.98 Å². The SMILES string of the molecule is C[C@H](Cc1nc2ccccc2s1)NC(=O)Cc1cccs1. The number of benzene rings is 1. The number of rotatable bonds is 5. The molecule has 0 fully saturated rings. The summed E-state index contributed by atoms with van der Waals surface area (Å²) in [6.45, 7) is 2.03. The highest BCUT2D eigenvalue weighted by Crippen LogP contribution is 2.22. The molecular weight excluding hydrogens is 300 g/mol. The first-order valence-electron chi connectivity index (χ1n) is 6.87. The van der Waals surface area contributed by atoms with Gasteiger partial charge in [0.05, 0.1) is 21.6 Å². The summed E-state index contributed by atoms with van der Waals surface area (Å²) in [7, 11) is 0. The highest BCUT2D eigenvalue weighted by atomic mass is 32.1. The fraction of sp³-hybridized carbons (Fsp3) is 0.250. The fourth-order valence-electron chi connectivity index (χ4n) is 2.22. The summed E-state index contributed by atoms with van der Waals surface area (Å²) in [6, 6.07) is 12.2. The highest BCUT2D eigenvalue weighted by molar-refractivity contribution is 7.18. The van der Waals surface area contributed by atoms with E-state index in [1.54, 1.807) is 22.7 Å². The molecule has 1 aromatic carbocycles. The Bertz CT molecular complexity index is 701. The maximum absolute atomic E-state index is 12.0. The first-order chi connectivity index (χ1) is 10.2. The molecule has 2 aromatic heterocycles. The van der Waals surface area contributed by atoms with E-state index in [2.05, 4.69) is 16.4 Å². The number of nitrogens with one attached hydrogen (secondary N) is 1. The zero-order chi connectivity index (χ0) is 14.7. The summed E-state index contributed by atoms with van der Waals surface area (Å²) in [5.74, 6) is 0.0751. The Labute approximate surface area is 131 Å². The van der Waals surface area contributed by atoms with Crippen LogP contribution in [0.1, 0.15) is 16.8 Å². The first kappa shape index (κ1) is 14.2. The molecule has 0 spiro atoms. The summed E-state index contributed by atoms with van der Waals surface area (Å²) in [5, 5.41) is 6.11. The van der Waals surface area contributed by atoms with Gasteiger partial charge in [-0.2, -0.15) is 0 Å². The van der Waals surface area contributed by atoms with Crippen LogP contribution in [0.4, 0.5) is 0 Å². The summed E-state index contributed by atoms with van der Waals surface area (Å²) < 4.78 is 1.20. The van der Waals surface area contributed by atoms with E-state index in [0.29, 0.717) is 6.42 Å². The van der Waals surface area contributed by atoms with Gasteiger partial charge in [-0.05, 0) is 30.5 Å². The topological polar surface area (TPSA) is 42.0 Å².